The van der Waals surface area contributed by atoms with E-state index >= 15 is 0 Å². The van der Waals surface area contributed by atoms with E-state index in [9.17, 15) is 19.2 Å². The highest BCUT2D eigenvalue weighted by Gasteiger charge is 2.68. The van der Waals surface area contributed by atoms with E-state index in [1.807, 2.05) is 0 Å². The Labute approximate surface area is 428 Å². The van der Waals surface area contributed by atoms with E-state index in [1.165, 1.54) is 24.8 Å². The number of piperidine rings is 1. The van der Waals surface area contributed by atoms with Gasteiger partial charge in [0.1, 0.15) is 18.4 Å². The second-order valence-electron chi connectivity index (χ2n) is 22.6. The third-order valence-corrected chi connectivity index (χ3v) is 18.6. The molecule has 3 aliphatic heterocycles. The zero-order chi connectivity index (χ0) is 50.5. The molecule has 4 aromatic carbocycles. The Balaban J connectivity index is 0.890. The molecule has 11 rings (SSSR count). The van der Waals surface area contributed by atoms with Gasteiger partial charge in [-0.25, -0.2) is 19.2 Å². The van der Waals surface area contributed by atoms with Crippen LogP contribution in [-0.2, 0) is 33.2 Å². The zero-order valence-electron chi connectivity index (χ0n) is 42.4. The molecule has 1 N–H and O–H groups in total. The molecule has 12 heteroatoms. The highest BCUT2D eigenvalue weighted by Crippen LogP contribution is 2.70. The fraction of sp³-hybridized carbons (Fsp3) is 0.508. The Morgan fingerprint density at radius 2 is 1.21 bits per heavy atom. The van der Waals surface area contributed by atoms with Crippen molar-refractivity contribution in [3.8, 4) is 0 Å². The van der Waals surface area contributed by atoms with Crippen molar-refractivity contribution in [3.63, 3.8) is 0 Å². The van der Waals surface area contributed by atoms with Gasteiger partial charge in [-0.1, -0.05) is 112 Å². The molecular weight excluding hydrogens is 923 g/mol. The normalized spacial score (nSPS) is 37.3. The molecule has 3 saturated carbocycles. The molecule has 0 amide bonds. The van der Waals surface area contributed by atoms with Crippen LogP contribution >= 0.6 is 0 Å². The van der Waals surface area contributed by atoms with Gasteiger partial charge in [0, 0.05) is 12.5 Å². The predicted octanol–water partition coefficient (Wildman–Crippen LogP) is 10.6. The molecule has 73 heavy (non-hydrogen) atoms. The van der Waals surface area contributed by atoms with Crippen LogP contribution in [0.25, 0.3) is 0 Å². The van der Waals surface area contributed by atoms with Gasteiger partial charge in [-0.2, -0.15) is 0 Å². The van der Waals surface area contributed by atoms with Crippen molar-refractivity contribution in [1.82, 2.24) is 5.32 Å². The molecule has 4 aliphatic carbocycles. The van der Waals surface area contributed by atoms with Crippen molar-refractivity contribution in [1.29, 1.82) is 0 Å². The molecule has 0 aromatic heterocycles. The summed E-state index contributed by atoms with van der Waals surface area (Å²) >= 11 is 0. The van der Waals surface area contributed by atoms with Crippen LogP contribution in [0.3, 0.4) is 0 Å². The standard InChI is InChI=1S/C61H69NO11/c1-37-27-32-61(62-35-37)38(2)50-48(73-61)34-47-45-26-25-43-33-44(28-30-59(43,3)46(45)29-31-60(47,50)4)68-58-53(72-57(66)42-23-15-8-16-24-42)52(71-56(65)41-21-13-7-14-22-41)51(70-55(64)40-19-11-6-12-20-40)49(69-58)36-67-54(63)39-17-9-5-10-18-39/h5-25,37-38,44-53,58,62H,26-36H2,1-4H3/t37?,38?,44-,45?,46?,47?,48?,49?,50?,51+,52-,53?,58+,59-,60-,61?/m0/s1. The highest BCUT2D eigenvalue weighted by molar-refractivity contribution is 5.91. The summed E-state index contributed by atoms with van der Waals surface area (Å²) in [5.41, 5.74) is 2.38. The van der Waals surface area contributed by atoms with Crippen LogP contribution in [0, 0.1) is 46.3 Å². The van der Waals surface area contributed by atoms with E-state index in [1.54, 1.807) is 121 Å². The topological polar surface area (TPSA) is 145 Å². The minimum absolute atomic E-state index is 0.0260. The summed E-state index contributed by atoms with van der Waals surface area (Å²) in [6.45, 7) is 10.5. The number of rotatable bonds is 11. The van der Waals surface area contributed by atoms with E-state index in [0.717, 1.165) is 32.2 Å². The van der Waals surface area contributed by atoms with Gasteiger partial charge in [0.2, 0.25) is 0 Å². The first-order chi connectivity index (χ1) is 35.3. The Morgan fingerprint density at radius 3 is 1.78 bits per heavy atom. The monoisotopic (exact) mass is 991 g/mol. The maximum Gasteiger partial charge on any atom is 0.338 e. The van der Waals surface area contributed by atoms with Crippen molar-refractivity contribution >= 4 is 23.9 Å². The molecule has 10 unspecified atom stereocenters. The Bertz CT molecular complexity index is 2660. The van der Waals surface area contributed by atoms with Gasteiger partial charge in [0.15, 0.2) is 24.6 Å². The molecule has 4 aromatic rings. The fourth-order valence-corrected chi connectivity index (χ4v) is 14.8. The molecule has 3 saturated heterocycles. The minimum Gasteiger partial charge on any atom is -0.459 e. The third-order valence-electron chi connectivity index (χ3n) is 18.6. The summed E-state index contributed by atoms with van der Waals surface area (Å²) in [6.07, 6.45) is 4.47. The Kier molecular flexibility index (Phi) is 13.7. The van der Waals surface area contributed by atoms with Crippen molar-refractivity contribution < 1.29 is 52.3 Å². The lowest BCUT2D eigenvalue weighted by atomic mass is 9.47. The van der Waals surface area contributed by atoms with Crippen molar-refractivity contribution in [2.24, 2.45) is 46.3 Å². The van der Waals surface area contributed by atoms with Crippen LogP contribution in [0.4, 0.5) is 0 Å². The van der Waals surface area contributed by atoms with Gasteiger partial charge in [0.05, 0.1) is 34.5 Å². The zero-order valence-corrected chi connectivity index (χ0v) is 42.4. The number of hydrogen-bond acceptors (Lipinski definition) is 12. The van der Waals surface area contributed by atoms with Gasteiger partial charge in [0.25, 0.3) is 0 Å². The summed E-state index contributed by atoms with van der Waals surface area (Å²) in [7, 11) is 0. The number of ether oxygens (including phenoxy) is 7. The molecule has 0 radical (unpaired) electrons. The average molecular weight is 992 g/mol. The molecular formula is C61H69NO11. The van der Waals surface area contributed by atoms with Gasteiger partial charge >= 0.3 is 23.9 Å². The lowest BCUT2D eigenvalue weighted by Gasteiger charge is -2.59. The largest absolute Gasteiger partial charge is 0.459 e. The number of carbonyl (C=O) groups is 4. The lowest BCUT2D eigenvalue weighted by Crippen LogP contribution is -2.63. The van der Waals surface area contributed by atoms with E-state index in [2.05, 4.69) is 39.1 Å². The van der Waals surface area contributed by atoms with Crippen LogP contribution in [0.5, 0.6) is 0 Å². The van der Waals surface area contributed by atoms with Crippen LogP contribution in [0.2, 0.25) is 0 Å². The summed E-state index contributed by atoms with van der Waals surface area (Å²) in [6, 6.07) is 33.8. The van der Waals surface area contributed by atoms with Gasteiger partial charge < -0.3 is 33.2 Å². The first kappa shape index (κ1) is 49.5. The van der Waals surface area contributed by atoms with Crippen LogP contribution in [0.1, 0.15) is 127 Å². The predicted molar refractivity (Wildman–Crippen MR) is 271 cm³/mol. The number of carbonyl (C=O) groups excluding carboxylic acids is 4. The lowest BCUT2D eigenvalue weighted by molar-refractivity contribution is -0.310. The van der Waals surface area contributed by atoms with E-state index in [-0.39, 0.29) is 45.5 Å². The van der Waals surface area contributed by atoms with Crippen LogP contribution in [-0.4, -0.2) is 85.7 Å². The summed E-state index contributed by atoms with van der Waals surface area (Å²) in [5.74, 6) is 0.528. The minimum atomic E-state index is -1.49. The Hall–Kier alpha value is -5.66. The molecule has 0 bridgehead atoms. The number of fused-ring (bicyclic) bond motifs is 7. The smallest absolute Gasteiger partial charge is 0.338 e. The number of hydrogen-bond donors (Lipinski definition) is 1. The maximum absolute atomic E-state index is 14.2. The van der Waals surface area contributed by atoms with Crippen molar-refractivity contribution in [3.05, 3.63) is 155 Å². The summed E-state index contributed by atoms with van der Waals surface area (Å²) in [4.78, 5) is 56.1. The van der Waals surface area contributed by atoms with Gasteiger partial charge in [-0.15, -0.1) is 0 Å². The van der Waals surface area contributed by atoms with E-state index < -0.39 is 61.2 Å². The number of benzene rings is 4. The number of esters is 4. The van der Waals surface area contributed by atoms with E-state index in [0.29, 0.717) is 53.9 Å². The first-order valence-corrected chi connectivity index (χ1v) is 26.8. The second kappa shape index (κ2) is 20.2. The SMILES string of the molecule is CC1CCC2(NC1)OC1CC3C4CC=C5C[C@@H](O[C@@H]6OC(COC(=O)c7ccccc7)[C@@H](OC(=O)c7ccccc7)[C@H](OC(=O)c7ccccc7)C6OC(=O)c6ccccc6)CC[C@]5(C)C4CC[C@]3(C)C1C2C. The van der Waals surface area contributed by atoms with Crippen molar-refractivity contribution in [2.75, 3.05) is 13.2 Å². The van der Waals surface area contributed by atoms with Crippen LogP contribution in [0.15, 0.2) is 133 Å². The summed E-state index contributed by atoms with van der Waals surface area (Å²) in [5, 5.41) is 3.90. The molecule has 384 valence electrons. The quantitative estimate of drug-likeness (QED) is 0.0867. The van der Waals surface area contributed by atoms with Crippen molar-refractivity contribution in [2.45, 2.75) is 134 Å². The fourth-order valence-electron chi connectivity index (χ4n) is 14.8. The first-order valence-electron chi connectivity index (χ1n) is 26.8. The maximum atomic E-state index is 14.2. The molecule has 3 heterocycles. The van der Waals surface area contributed by atoms with Gasteiger partial charge in [-0.05, 0) is 147 Å². The summed E-state index contributed by atoms with van der Waals surface area (Å²) < 4.78 is 46.0. The molecule has 1 spiro atoms. The van der Waals surface area contributed by atoms with Crippen LogP contribution < -0.4 is 5.32 Å². The van der Waals surface area contributed by atoms with E-state index in [4.69, 9.17) is 33.2 Å². The molecule has 7 aliphatic rings. The van der Waals surface area contributed by atoms with Gasteiger partial charge in [-0.3, -0.25) is 5.32 Å². The Morgan fingerprint density at radius 1 is 0.644 bits per heavy atom. The average Bonchev–Trinajstić information content (AvgIpc) is 3.88. The third kappa shape index (κ3) is 9.35. The molecule has 6 fully saturated rings. The molecule has 12 nitrogen and oxygen atoms in total. The number of allylic oxidation sites excluding steroid dienone is 1. The second-order valence-corrected chi connectivity index (χ2v) is 22.6. The highest BCUT2D eigenvalue weighted by atomic mass is 16.7. The molecule has 16 atom stereocenters. The number of nitrogens with one attached hydrogen (secondary N) is 1.